The molecule has 0 aromatic rings. The molecule has 1 unspecified atom stereocenters. The van der Waals surface area contributed by atoms with Gasteiger partial charge in [0.05, 0.1) is 0 Å². The maximum Gasteiger partial charge on any atom is -0.0355 e. The van der Waals surface area contributed by atoms with Crippen LogP contribution in [0.5, 0.6) is 0 Å². The SMILES string of the molecule is CCCCCCCCCCCC[CH]C(CC)CCCC(CCC)CCC. The minimum atomic E-state index is 0.887. The van der Waals surface area contributed by atoms with Crippen LogP contribution in [0, 0.1) is 18.3 Å². The van der Waals surface area contributed by atoms with E-state index in [1.54, 1.807) is 0 Å². The van der Waals surface area contributed by atoms with E-state index in [2.05, 4.69) is 34.1 Å². The summed E-state index contributed by atoms with van der Waals surface area (Å²) in [5.74, 6) is 1.89. The lowest BCUT2D eigenvalue weighted by atomic mass is 9.88. The van der Waals surface area contributed by atoms with Gasteiger partial charge in [-0.3, -0.25) is 0 Å². The molecule has 0 rings (SSSR count). The summed E-state index contributed by atoms with van der Waals surface area (Å²) in [6, 6.07) is 0. The molecule has 0 nitrogen and oxygen atoms in total. The molecule has 0 aromatic carbocycles. The van der Waals surface area contributed by atoms with E-state index < -0.39 is 0 Å². The molecule has 0 spiro atoms. The lowest BCUT2D eigenvalue weighted by Crippen LogP contribution is -2.04. The first-order chi connectivity index (χ1) is 12.8. The highest BCUT2D eigenvalue weighted by atomic mass is 14.2. The monoisotopic (exact) mass is 365 g/mol. The van der Waals surface area contributed by atoms with E-state index in [1.807, 2.05) is 0 Å². The number of unbranched alkanes of at least 4 members (excludes halogenated alkanes) is 10. The average Bonchev–Trinajstić information content (AvgIpc) is 2.65. The third kappa shape index (κ3) is 17.4. The van der Waals surface area contributed by atoms with Crippen molar-refractivity contribution in [1.82, 2.24) is 0 Å². The smallest absolute Gasteiger partial charge is 0.0355 e. The molecular formula is C26H53. The molecule has 26 heavy (non-hydrogen) atoms. The molecule has 157 valence electrons. The maximum absolute atomic E-state index is 2.67. The van der Waals surface area contributed by atoms with E-state index in [-0.39, 0.29) is 0 Å². The Labute approximate surface area is 168 Å². The second kappa shape index (κ2) is 21.3. The third-order valence-corrected chi connectivity index (χ3v) is 6.16. The zero-order chi connectivity index (χ0) is 19.3. The van der Waals surface area contributed by atoms with Gasteiger partial charge in [-0.25, -0.2) is 0 Å². The summed E-state index contributed by atoms with van der Waals surface area (Å²) in [4.78, 5) is 0. The minimum absolute atomic E-state index is 0.887. The highest BCUT2D eigenvalue weighted by Crippen LogP contribution is 2.25. The summed E-state index contributed by atoms with van der Waals surface area (Å²) in [5.41, 5.74) is 0. The lowest BCUT2D eigenvalue weighted by Gasteiger charge is -2.18. The van der Waals surface area contributed by atoms with E-state index in [0.717, 1.165) is 11.8 Å². The normalized spacial score (nSPS) is 12.8. The van der Waals surface area contributed by atoms with Gasteiger partial charge in [0.2, 0.25) is 0 Å². The van der Waals surface area contributed by atoms with Gasteiger partial charge in [0.15, 0.2) is 0 Å². The minimum Gasteiger partial charge on any atom is -0.0654 e. The Morgan fingerprint density at radius 1 is 0.500 bits per heavy atom. The van der Waals surface area contributed by atoms with Crippen LogP contribution in [-0.2, 0) is 0 Å². The van der Waals surface area contributed by atoms with Crippen molar-refractivity contribution in [3.63, 3.8) is 0 Å². The van der Waals surface area contributed by atoms with Crippen LogP contribution in [0.4, 0.5) is 0 Å². The summed E-state index contributed by atoms with van der Waals surface area (Å²) in [6.45, 7) is 9.38. The van der Waals surface area contributed by atoms with E-state index >= 15 is 0 Å². The van der Waals surface area contributed by atoms with E-state index in [4.69, 9.17) is 0 Å². The highest BCUT2D eigenvalue weighted by Gasteiger charge is 2.10. The Kier molecular flexibility index (Phi) is 21.3. The highest BCUT2D eigenvalue weighted by molar-refractivity contribution is 4.76. The zero-order valence-corrected chi connectivity index (χ0v) is 19.2. The van der Waals surface area contributed by atoms with Crippen molar-refractivity contribution < 1.29 is 0 Å². The molecule has 0 bridgehead atoms. The standard InChI is InChI=1S/C26H53/c1-5-9-10-11-12-13-14-15-16-17-18-22-25(8-4)23-19-24-26(20-6-2)21-7-3/h22,25-26H,5-21,23-24H2,1-4H3. The molecule has 0 amide bonds. The van der Waals surface area contributed by atoms with Crippen molar-refractivity contribution in [3.05, 3.63) is 6.42 Å². The molecule has 0 N–H and O–H groups in total. The molecule has 0 fully saturated rings. The van der Waals surface area contributed by atoms with Crippen LogP contribution in [0.2, 0.25) is 0 Å². The Bertz CT molecular complexity index is 238. The van der Waals surface area contributed by atoms with Crippen LogP contribution in [0.1, 0.15) is 150 Å². The average molecular weight is 366 g/mol. The fraction of sp³-hybridized carbons (Fsp3) is 0.962. The van der Waals surface area contributed by atoms with E-state index in [0.29, 0.717) is 0 Å². The Hall–Kier alpha value is 0. The van der Waals surface area contributed by atoms with Gasteiger partial charge in [-0.1, -0.05) is 143 Å². The molecule has 1 radical (unpaired) electrons. The molecule has 0 heteroatoms. The van der Waals surface area contributed by atoms with Gasteiger partial charge in [-0.2, -0.15) is 0 Å². The molecule has 0 aliphatic carbocycles. The fourth-order valence-electron chi connectivity index (χ4n) is 4.39. The van der Waals surface area contributed by atoms with Crippen molar-refractivity contribution in [2.75, 3.05) is 0 Å². The van der Waals surface area contributed by atoms with Crippen molar-refractivity contribution >= 4 is 0 Å². The first-order valence-corrected chi connectivity index (χ1v) is 12.6. The lowest BCUT2D eigenvalue weighted by molar-refractivity contribution is 0.373. The molecular weight excluding hydrogens is 312 g/mol. The van der Waals surface area contributed by atoms with Crippen LogP contribution < -0.4 is 0 Å². The Morgan fingerprint density at radius 3 is 1.54 bits per heavy atom. The second-order valence-electron chi connectivity index (χ2n) is 8.75. The molecule has 0 aliphatic heterocycles. The maximum atomic E-state index is 2.67. The van der Waals surface area contributed by atoms with Gasteiger partial charge in [0, 0.05) is 0 Å². The fourth-order valence-corrected chi connectivity index (χ4v) is 4.39. The topological polar surface area (TPSA) is 0 Å². The molecule has 0 saturated carbocycles. The van der Waals surface area contributed by atoms with Crippen LogP contribution in [0.15, 0.2) is 0 Å². The molecule has 0 heterocycles. The van der Waals surface area contributed by atoms with Gasteiger partial charge in [0.1, 0.15) is 0 Å². The van der Waals surface area contributed by atoms with Gasteiger partial charge in [-0.05, 0) is 24.7 Å². The van der Waals surface area contributed by atoms with Gasteiger partial charge in [0.25, 0.3) is 0 Å². The van der Waals surface area contributed by atoms with Crippen molar-refractivity contribution in [2.45, 2.75) is 150 Å². The quantitative estimate of drug-likeness (QED) is 0.177. The summed E-state index contributed by atoms with van der Waals surface area (Å²) < 4.78 is 0. The Morgan fingerprint density at radius 2 is 1.04 bits per heavy atom. The molecule has 1 atom stereocenters. The van der Waals surface area contributed by atoms with Crippen LogP contribution in [0.3, 0.4) is 0 Å². The van der Waals surface area contributed by atoms with Crippen molar-refractivity contribution in [3.8, 4) is 0 Å². The van der Waals surface area contributed by atoms with Gasteiger partial charge < -0.3 is 0 Å². The first kappa shape index (κ1) is 26.0. The van der Waals surface area contributed by atoms with Crippen LogP contribution in [-0.4, -0.2) is 0 Å². The number of hydrogen-bond acceptors (Lipinski definition) is 0. The summed E-state index contributed by atoms with van der Waals surface area (Å²) in [5, 5.41) is 0. The van der Waals surface area contributed by atoms with Crippen LogP contribution in [0.25, 0.3) is 0 Å². The molecule has 0 aliphatic rings. The number of rotatable bonds is 21. The summed E-state index contributed by atoms with van der Waals surface area (Å²) >= 11 is 0. The largest absolute Gasteiger partial charge is 0.0654 e. The third-order valence-electron chi connectivity index (χ3n) is 6.16. The zero-order valence-electron chi connectivity index (χ0n) is 19.2. The predicted molar refractivity (Wildman–Crippen MR) is 122 cm³/mol. The first-order valence-electron chi connectivity index (χ1n) is 12.6. The van der Waals surface area contributed by atoms with Gasteiger partial charge in [-0.15, -0.1) is 0 Å². The molecule has 0 saturated heterocycles. The molecule has 0 aromatic heterocycles. The Balaban J connectivity index is 3.49. The predicted octanol–water partition coefficient (Wildman–Crippen LogP) is 9.91. The van der Waals surface area contributed by atoms with E-state index in [9.17, 15) is 0 Å². The summed E-state index contributed by atoms with van der Waals surface area (Å²) in [7, 11) is 0. The van der Waals surface area contributed by atoms with E-state index in [1.165, 1.54) is 122 Å². The summed E-state index contributed by atoms with van der Waals surface area (Å²) in [6.07, 6.45) is 29.9. The van der Waals surface area contributed by atoms with Crippen LogP contribution >= 0.6 is 0 Å². The second-order valence-corrected chi connectivity index (χ2v) is 8.75. The van der Waals surface area contributed by atoms with Gasteiger partial charge >= 0.3 is 0 Å². The number of hydrogen-bond donors (Lipinski definition) is 0. The van der Waals surface area contributed by atoms with Crippen molar-refractivity contribution in [1.29, 1.82) is 0 Å². The van der Waals surface area contributed by atoms with Crippen molar-refractivity contribution in [2.24, 2.45) is 11.8 Å².